The first kappa shape index (κ1) is 42.5. The Hall–Kier alpha value is -5.24. The van der Waals surface area contributed by atoms with Crippen LogP contribution in [0.15, 0.2) is 107 Å². The van der Waals surface area contributed by atoms with Gasteiger partial charge < -0.3 is 18.9 Å². The van der Waals surface area contributed by atoms with Crippen molar-refractivity contribution in [3.63, 3.8) is 0 Å². The minimum absolute atomic E-state index is 0.393. The number of carbonyl (C=O) groups is 2. The van der Waals surface area contributed by atoms with Crippen molar-refractivity contribution < 1.29 is 28.5 Å². The van der Waals surface area contributed by atoms with Crippen molar-refractivity contribution in [1.29, 1.82) is 0 Å². The normalized spacial score (nSPS) is 11.2. The van der Waals surface area contributed by atoms with Crippen LogP contribution in [0.25, 0.3) is 0 Å². The van der Waals surface area contributed by atoms with Gasteiger partial charge in [-0.05, 0) is 134 Å². The topological polar surface area (TPSA) is 95.8 Å². The molecule has 292 valence electrons. The Kier molecular flexibility index (Phi) is 19.9. The number of unbranched alkanes of at least 4 members (excludes halogenated alkanes) is 10. The van der Waals surface area contributed by atoms with Crippen molar-refractivity contribution >= 4 is 24.4 Å². The molecule has 0 atom stereocenters. The second kappa shape index (κ2) is 25.7. The number of nitrogens with zero attached hydrogens (tertiary/aromatic N) is 2. The quantitative estimate of drug-likeness (QED) is 0.0275. The second-order valence-corrected chi connectivity index (χ2v) is 13.6. The Balaban J connectivity index is 0.993. The van der Waals surface area contributed by atoms with E-state index in [1.54, 1.807) is 72.8 Å². The average Bonchev–Trinajstić information content (AvgIpc) is 3.21. The molecule has 55 heavy (non-hydrogen) atoms. The molecule has 0 bridgehead atoms. The monoisotopic (exact) mass is 746 g/mol. The highest BCUT2D eigenvalue weighted by atomic mass is 16.5. The molecule has 0 aliphatic heterocycles. The Morgan fingerprint density at radius 1 is 0.436 bits per heavy atom. The Bertz CT molecular complexity index is 1590. The van der Waals surface area contributed by atoms with Gasteiger partial charge in [0.05, 0.1) is 24.3 Å². The van der Waals surface area contributed by atoms with E-state index in [1.165, 1.54) is 32.1 Å². The number of hydrogen-bond donors (Lipinski definition) is 0. The minimum atomic E-state index is -0.393. The van der Waals surface area contributed by atoms with E-state index in [2.05, 4.69) is 23.8 Å². The van der Waals surface area contributed by atoms with Gasteiger partial charge in [0.1, 0.15) is 23.0 Å². The highest BCUT2D eigenvalue weighted by Gasteiger charge is 2.10. The summed E-state index contributed by atoms with van der Waals surface area (Å²) in [6.45, 7) is 7.29. The molecule has 0 radical (unpaired) electrons. The van der Waals surface area contributed by atoms with Gasteiger partial charge >= 0.3 is 11.9 Å². The molecule has 0 aliphatic carbocycles. The van der Waals surface area contributed by atoms with Crippen molar-refractivity contribution in [3.05, 3.63) is 119 Å². The van der Waals surface area contributed by atoms with Crippen LogP contribution in [0.1, 0.15) is 129 Å². The molecule has 0 N–H and O–H groups in total. The van der Waals surface area contributed by atoms with E-state index in [9.17, 15) is 9.59 Å². The van der Waals surface area contributed by atoms with E-state index in [1.807, 2.05) is 36.7 Å². The van der Waals surface area contributed by atoms with Gasteiger partial charge in [0.25, 0.3) is 0 Å². The molecule has 8 heteroatoms. The molecule has 0 saturated carbocycles. The van der Waals surface area contributed by atoms with Crippen molar-refractivity contribution in [2.45, 2.75) is 97.3 Å². The maximum absolute atomic E-state index is 12.5. The zero-order chi connectivity index (χ0) is 38.8. The van der Waals surface area contributed by atoms with Crippen LogP contribution in [-0.4, -0.2) is 50.7 Å². The number of hydrogen-bond acceptors (Lipinski definition) is 8. The number of carbonyl (C=O) groups excluding carboxylic acids is 2. The molecule has 4 aromatic carbocycles. The maximum Gasteiger partial charge on any atom is 0.343 e. The highest BCUT2D eigenvalue weighted by Crippen LogP contribution is 2.19. The molecule has 0 aliphatic rings. The SMILES string of the molecule is CCCCCOc1ccc(C(=O)Oc2ccc(C=NCCCCCCCCCN=Cc3ccc(OC(=O)c4ccc(OCCCCC)cc4)cc3)cc2)cc1. The number of ether oxygens (including phenoxy) is 4. The van der Waals surface area contributed by atoms with Gasteiger partial charge in [0, 0.05) is 25.5 Å². The van der Waals surface area contributed by atoms with Crippen molar-refractivity contribution in [3.8, 4) is 23.0 Å². The molecule has 0 saturated heterocycles. The number of aliphatic imine (C=N–C) groups is 2. The lowest BCUT2D eigenvalue weighted by Crippen LogP contribution is -2.08. The first-order chi connectivity index (χ1) is 27.0. The maximum atomic E-state index is 12.5. The summed E-state index contributed by atoms with van der Waals surface area (Å²) in [5, 5.41) is 0. The minimum Gasteiger partial charge on any atom is -0.494 e. The van der Waals surface area contributed by atoms with E-state index in [-0.39, 0.29) is 0 Å². The van der Waals surface area contributed by atoms with E-state index >= 15 is 0 Å². The largest absolute Gasteiger partial charge is 0.494 e. The molecular weight excluding hydrogens is 689 g/mol. The first-order valence-electron chi connectivity index (χ1n) is 20.1. The fraction of sp³-hybridized carbons (Fsp3) is 0.404. The van der Waals surface area contributed by atoms with Gasteiger partial charge in [0.15, 0.2) is 0 Å². The van der Waals surface area contributed by atoms with Crippen LogP contribution in [0.5, 0.6) is 23.0 Å². The van der Waals surface area contributed by atoms with Gasteiger partial charge in [-0.3, -0.25) is 9.98 Å². The second-order valence-electron chi connectivity index (χ2n) is 13.6. The lowest BCUT2D eigenvalue weighted by atomic mass is 10.1. The van der Waals surface area contributed by atoms with Crippen LogP contribution in [0.4, 0.5) is 0 Å². The van der Waals surface area contributed by atoms with Crippen LogP contribution < -0.4 is 18.9 Å². The summed E-state index contributed by atoms with van der Waals surface area (Å²) >= 11 is 0. The fourth-order valence-corrected chi connectivity index (χ4v) is 5.66. The van der Waals surface area contributed by atoms with Crippen molar-refractivity contribution in [2.24, 2.45) is 9.98 Å². The lowest BCUT2D eigenvalue weighted by molar-refractivity contribution is 0.0725. The average molecular weight is 747 g/mol. The summed E-state index contributed by atoms with van der Waals surface area (Å²) in [5.74, 6) is 1.74. The van der Waals surface area contributed by atoms with Crippen LogP contribution >= 0.6 is 0 Å². The summed E-state index contributed by atoms with van der Waals surface area (Å²) < 4.78 is 22.5. The van der Waals surface area contributed by atoms with Crippen molar-refractivity contribution in [1.82, 2.24) is 0 Å². The predicted molar refractivity (Wildman–Crippen MR) is 223 cm³/mol. The van der Waals surface area contributed by atoms with E-state index in [4.69, 9.17) is 18.9 Å². The smallest absolute Gasteiger partial charge is 0.343 e. The van der Waals surface area contributed by atoms with Crippen LogP contribution in [0.2, 0.25) is 0 Å². The Labute approximate surface area is 328 Å². The van der Waals surface area contributed by atoms with E-state index in [0.29, 0.717) is 35.8 Å². The van der Waals surface area contributed by atoms with Crippen LogP contribution in [-0.2, 0) is 0 Å². The highest BCUT2D eigenvalue weighted by molar-refractivity contribution is 5.92. The Morgan fingerprint density at radius 3 is 1.15 bits per heavy atom. The summed E-state index contributed by atoms with van der Waals surface area (Å²) in [7, 11) is 0. The number of esters is 2. The van der Waals surface area contributed by atoms with Crippen LogP contribution in [0.3, 0.4) is 0 Å². The molecule has 4 aromatic rings. The molecule has 4 rings (SSSR count). The summed E-state index contributed by atoms with van der Waals surface area (Å²) in [4.78, 5) is 34.2. The molecule has 0 spiro atoms. The first-order valence-corrected chi connectivity index (χ1v) is 20.1. The zero-order valence-electron chi connectivity index (χ0n) is 32.8. The molecule has 0 unspecified atom stereocenters. The Morgan fingerprint density at radius 2 is 0.782 bits per heavy atom. The molecular formula is C47H58N2O6. The zero-order valence-corrected chi connectivity index (χ0v) is 32.8. The standard InChI is InChI=1S/C47H58N2O6/c1-3-5-14-34-52-42-28-20-40(21-29-42)46(50)54-44-24-16-38(17-25-44)36-48-32-12-10-8-7-9-11-13-33-49-37-39-18-26-45(27-19-39)55-47(51)41-22-30-43(31-23-41)53-35-15-6-4-2/h16-31,36-37H,3-15,32-35H2,1-2H3. The molecule has 0 heterocycles. The predicted octanol–water partition coefficient (Wildman–Crippen LogP) is 11.5. The van der Waals surface area contributed by atoms with Gasteiger partial charge in [-0.15, -0.1) is 0 Å². The van der Waals surface area contributed by atoms with Crippen molar-refractivity contribution in [2.75, 3.05) is 26.3 Å². The van der Waals surface area contributed by atoms with E-state index in [0.717, 1.165) is 87.1 Å². The molecule has 0 amide bonds. The number of benzene rings is 4. The van der Waals surface area contributed by atoms with Gasteiger partial charge in [-0.1, -0.05) is 71.6 Å². The fourth-order valence-electron chi connectivity index (χ4n) is 5.66. The third-order valence-electron chi connectivity index (χ3n) is 8.95. The summed E-state index contributed by atoms with van der Waals surface area (Å²) in [5.41, 5.74) is 2.93. The van der Waals surface area contributed by atoms with E-state index < -0.39 is 11.9 Å². The molecule has 0 aromatic heterocycles. The molecule has 8 nitrogen and oxygen atoms in total. The van der Waals surface area contributed by atoms with Gasteiger partial charge in [-0.2, -0.15) is 0 Å². The van der Waals surface area contributed by atoms with Gasteiger partial charge in [-0.25, -0.2) is 9.59 Å². The lowest BCUT2D eigenvalue weighted by Gasteiger charge is -2.07. The number of rotatable bonds is 26. The van der Waals surface area contributed by atoms with Crippen LogP contribution in [0, 0.1) is 0 Å². The summed E-state index contributed by atoms with van der Waals surface area (Å²) in [6, 6.07) is 29.0. The third kappa shape index (κ3) is 17.2. The van der Waals surface area contributed by atoms with Gasteiger partial charge in [0.2, 0.25) is 0 Å². The summed E-state index contributed by atoms with van der Waals surface area (Å²) in [6.07, 6.45) is 18.5. The third-order valence-corrected chi connectivity index (χ3v) is 8.95. The molecule has 0 fully saturated rings.